The zero-order chi connectivity index (χ0) is 20.6. The molecular weight excluding hydrogens is 409 g/mol. The van der Waals surface area contributed by atoms with Crippen molar-refractivity contribution in [3.05, 3.63) is 93.5 Å². The maximum Gasteiger partial charge on any atom is 0.338 e. The summed E-state index contributed by atoms with van der Waals surface area (Å²) >= 11 is 12.1. The highest BCUT2D eigenvalue weighted by Crippen LogP contribution is 2.25. The minimum absolute atomic E-state index is 0.327. The lowest BCUT2D eigenvalue weighted by molar-refractivity contribution is 0.0526. The first kappa shape index (κ1) is 21.0. The molecule has 1 N–H and O–H groups in total. The lowest BCUT2D eigenvalue weighted by Gasteiger charge is -2.14. The van der Waals surface area contributed by atoms with E-state index in [1.165, 1.54) is 0 Å². The second-order valence-electron chi connectivity index (χ2n) is 6.32. The van der Waals surface area contributed by atoms with Crippen LogP contribution in [-0.4, -0.2) is 12.6 Å². The summed E-state index contributed by atoms with van der Waals surface area (Å²) in [6, 6.07) is 20.2. The quantitative estimate of drug-likeness (QED) is 0.423. The number of anilines is 1. The van der Waals surface area contributed by atoms with Gasteiger partial charge < -0.3 is 14.8 Å². The molecule has 0 fully saturated rings. The number of hydrogen-bond donors (Lipinski definition) is 1. The van der Waals surface area contributed by atoms with Gasteiger partial charge in [-0.05, 0) is 67.1 Å². The minimum Gasteiger partial charge on any atom is -0.489 e. The van der Waals surface area contributed by atoms with Gasteiger partial charge in [0.25, 0.3) is 0 Å². The predicted octanol–water partition coefficient (Wildman–Crippen LogP) is 6.36. The zero-order valence-corrected chi connectivity index (χ0v) is 17.5. The van der Waals surface area contributed by atoms with Gasteiger partial charge in [-0.15, -0.1) is 0 Å². The third kappa shape index (κ3) is 6.14. The van der Waals surface area contributed by atoms with Crippen LogP contribution in [0.5, 0.6) is 5.75 Å². The topological polar surface area (TPSA) is 47.6 Å². The second-order valence-corrected chi connectivity index (χ2v) is 7.19. The van der Waals surface area contributed by atoms with Gasteiger partial charge in [0.2, 0.25) is 0 Å². The number of halogens is 2. The smallest absolute Gasteiger partial charge is 0.338 e. The van der Waals surface area contributed by atoms with E-state index in [2.05, 4.69) is 5.32 Å². The maximum atomic E-state index is 11.7. The Bertz CT molecular complexity index is 957. The maximum absolute atomic E-state index is 11.7. The Labute approximate surface area is 180 Å². The van der Waals surface area contributed by atoms with Gasteiger partial charge in [0, 0.05) is 27.8 Å². The highest BCUT2D eigenvalue weighted by Gasteiger charge is 2.08. The number of carbonyl (C=O) groups excluding carboxylic acids is 1. The van der Waals surface area contributed by atoms with Crippen molar-refractivity contribution < 1.29 is 14.3 Å². The molecule has 0 spiro atoms. The number of benzene rings is 3. The molecule has 0 aliphatic heterocycles. The SMILES string of the molecule is CCOC(=O)c1ccc(NCc2cc(Cl)ccc2OCc2ccc(Cl)cc2)cc1. The second kappa shape index (κ2) is 10.2. The van der Waals surface area contributed by atoms with Crippen molar-refractivity contribution in [1.29, 1.82) is 0 Å². The van der Waals surface area contributed by atoms with E-state index in [0.717, 1.165) is 22.6 Å². The predicted molar refractivity (Wildman–Crippen MR) is 117 cm³/mol. The molecule has 6 heteroatoms. The highest BCUT2D eigenvalue weighted by molar-refractivity contribution is 6.30. The minimum atomic E-state index is -0.327. The highest BCUT2D eigenvalue weighted by atomic mass is 35.5. The first-order valence-electron chi connectivity index (χ1n) is 9.22. The van der Waals surface area contributed by atoms with Crippen LogP contribution in [0.15, 0.2) is 66.7 Å². The summed E-state index contributed by atoms with van der Waals surface area (Å²) in [6.45, 7) is 3.09. The summed E-state index contributed by atoms with van der Waals surface area (Å²) in [4.78, 5) is 11.7. The monoisotopic (exact) mass is 429 g/mol. The Balaban J connectivity index is 1.64. The van der Waals surface area contributed by atoms with Crippen LogP contribution in [0.2, 0.25) is 10.0 Å². The number of nitrogens with one attached hydrogen (secondary N) is 1. The van der Waals surface area contributed by atoms with E-state index in [1.54, 1.807) is 25.1 Å². The fourth-order valence-corrected chi connectivity index (χ4v) is 3.03. The molecule has 0 atom stereocenters. The van der Waals surface area contributed by atoms with Gasteiger partial charge in [0.05, 0.1) is 12.2 Å². The van der Waals surface area contributed by atoms with Gasteiger partial charge in [0.15, 0.2) is 0 Å². The third-order valence-electron chi connectivity index (χ3n) is 4.21. The van der Waals surface area contributed by atoms with Crippen molar-refractivity contribution >= 4 is 34.9 Å². The van der Waals surface area contributed by atoms with Crippen molar-refractivity contribution in [2.45, 2.75) is 20.1 Å². The number of hydrogen-bond acceptors (Lipinski definition) is 4. The normalized spacial score (nSPS) is 10.4. The van der Waals surface area contributed by atoms with Gasteiger partial charge in [-0.1, -0.05) is 35.3 Å². The molecule has 29 heavy (non-hydrogen) atoms. The zero-order valence-electron chi connectivity index (χ0n) is 16.0. The number of rotatable bonds is 8. The van der Waals surface area contributed by atoms with Crippen LogP contribution < -0.4 is 10.1 Å². The Hall–Kier alpha value is -2.69. The van der Waals surface area contributed by atoms with Crippen molar-refractivity contribution in [2.24, 2.45) is 0 Å². The molecule has 0 heterocycles. The summed E-state index contributed by atoms with van der Waals surface area (Å²) in [7, 11) is 0. The lowest BCUT2D eigenvalue weighted by atomic mass is 10.1. The van der Waals surface area contributed by atoms with Crippen LogP contribution in [0.1, 0.15) is 28.4 Å². The molecule has 0 amide bonds. The van der Waals surface area contributed by atoms with Crippen molar-refractivity contribution in [1.82, 2.24) is 0 Å². The van der Waals surface area contributed by atoms with E-state index < -0.39 is 0 Å². The van der Waals surface area contributed by atoms with Crippen LogP contribution in [0.25, 0.3) is 0 Å². The summed E-state index contributed by atoms with van der Waals surface area (Å²) < 4.78 is 11.0. The van der Waals surface area contributed by atoms with Crippen LogP contribution in [0.3, 0.4) is 0 Å². The Morgan fingerprint density at radius 3 is 2.31 bits per heavy atom. The molecular formula is C23H21Cl2NO3. The molecule has 0 radical (unpaired) electrons. The Morgan fingerprint density at radius 1 is 0.931 bits per heavy atom. The molecule has 4 nitrogen and oxygen atoms in total. The molecule has 0 saturated carbocycles. The number of carbonyl (C=O) groups is 1. The number of ether oxygens (including phenoxy) is 2. The Kier molecular flexibility index (Phi) is 7.39. The fraction of sp³-hybridized carbons (Fsp3) is 0.174. The van der Waals surface area contributed by atoms with Gasteiger partial charge in [-0.3, -0.25) is 0 Å². The molecule has 3 aromatic carbocycles. The van der Waals surface area contributed by atoms with Crippen LogP contribution in [-0.2, 0) is 17.9 Å². The van der Waals surface area contributed by atoms with Gasteiger partial charge in [-0.2, -0.15) is 0 Å². The molecule has 0 aliphatic rings. The van der Waals surface area contributed by atoms with E-state index in [1.807, 2.05) is 48.5 Å². The van der Waals surface area contributed by atoms with E-state index in [0.29, 0.717) is 35.4 Å². The fourth-order valence-electron chi connectivity index (χ4n) is 2.70. The molecule has 0 unspecified atom stereocenters. The van der Waals surface area contributed by atoms with Crippen LogP contribution in [0.4, 0.5) is 5.69 Å². The van der Waals surface area contributed by atoms with E-state index in [-0.39, 0.29) is 5.97 Å². The third-order valence-corrected chi connectivity index (χ3v) is 4.70. The first-order chi connectivity index (χ1) is 14.0. The average Bonchev–Trinajstić information content (AvgIpc) is 2.73. The van der Waals surface area contributed by atoms with E-state index >= 15 is 0 Å². The summed E-state index contributed by atoms with van der Waals surface area (Å²) in [5.41, 5.74) is 3.35. The average molecular weight is 430 g/mol. The molecule has 0 bridgehead atoms. The largest absolute Gasteiger partial charge is 0.489 e. The van der Waals surface area contributed by atoms with Gasteiger partial charge >= 0.3 is 5.97 Å². The molecule has 0 aliphatic carbocycles. The van der Waals surface area contributed by atoms with Crippen molar-refractivity contribution in [3.8, 4) is 5.75 Å². The van der Waals surface area contributed by atoms with Crippen molar-refractivity contribution in [2.75, 3.05) is 11.9 Å². The van der Waals surface area contributed by atoms with Crippen molar-refractivity contribution in [3.63, 3.8) is 0 Å². The molecule has 3 rings (SSSR count). The van der Waals surface area contributed by atoms with E-state index in [4.69, 9.17) is 32.7 Å². The molecule has 3 aromatic rings. The summed E-state index contributed by atoms with van der Waals surface area (Å²) in [5.74, 6) is 0.423. The Morgan fingerprint density at radius 2 is 1.62 bits per heavy atom. The van der Waals surface area contributed by atoms with E-state index in [9.17, 15) is 4.79 Å². The van der Waals surface area contributed by atoms with Crippen LogP contribution in [0, 0.1) is 0 Å². The number of esters is 1. The first-order valence-corrected chi connectivity index (χ1v) is 9.97. The summed E-state index contributed by atoms with van der Waals surface area (Å²) in [6.07, 6.45) is 0. The lowest BCUT2D eigenvalue weighted by Crippen LogP contribution is -2.06. The standard InChI is InChI=1S/C23H21Cl2NO3/c1-2-28-23(27)17-5-10-21(11-6-17)26-14-18-13-20(25)9-12-22(18)29-15-16-3-7-19(24)8-4-16/h3-13,26H,2,14-15H2,1H3. The van der Waals surface area contributed by atoms with Crippen LogP contribution >= 0.6 is 23.2 Å². The molecule has 0 saturated heterocycles. The van der Waals surface area contributed by atoms with Gasteiger partial charge in [-0.25, -0.2) is 4.79 Å². The molecule has 150 valence electrons. The van der Waals surface area contributed by atoms with Gasteiger partial charge in [0.1, 0.15) is 12.4 Å². The summed E-state index contributed by atoms with van der Waals surface area (Å²) in [5, 5.41) is 4.66. The molecule has 0 aromatic heterocycles.